The lowest BCUT2D eigenvalue weighted by atomic mass is 9.78. The molecule has 0 bridgehead atoms. The van der Waals surface area contributed by atoms with Crippen LogP contribution in [-0.4, -0.2) is 4.92 Å². The molecule has 0 aliphatic heterocycles. The molecule has 3 nitrogen and oxygen atoms in total. The van der Waals surface area contributed by atoms with Gasteiger partial charge in [-0.25, -0.2) is 0 Å². The lowest BCUT2D eigenvalue weighted by Crippen LogP contribution is -1.98. The van der Waals surface area contributed by atoms with Gasteiger partial charge in [0.25, 0.3) is 5.69 Å². The number of fused-ring (bicyclic) bond motifs is 2. The van der Waals surface area contributed by atoms with E-state index in [1.54, 1.807) is 18.2 Å². The summed E-state index contributed by atoms with van der Waals surface area (Å²) >= 11 is 0. The molecular weight excluding hydrogens is 502 g/mol. The molecule has 194 valence electrons. The monoisotopic (exact) mass is 527 g/mol. The van der Waals surface area contributed by atoms with Crippen molar-refractivity contribution < 1.29 is 4.92 Å². The van der Waals surface area contributed by atoms with Crippen molar-refractivity contribution in [3.05, 3.63) is 162 Å². The van der Waals surface area contributed by atoms with E-state index in [-0.39, 0.29) is 10.6 Å². The molecule has 0 aromatic heterocycles. The van der Waals surface area contributed by atoms with Crippen molar-refractivity contribution in [2.45, 2.75) is 0 Å². The molecular formula is C38H25NO2. The van der Waals surface area contributed by atoms with Crippen molar-refractivity contribution in [3.8, 4) is 44.5 Å². The summed E-state index contributed by atoms with van der Waals surface area (Å²) in [5, 5.41) is 16.3. The Kier molecular flexibility index (Phi) is 6.10. The van der Waals surface area contributed by atoms with Crippen LogP contribution in [0.5, 0.6) is 0 Å². The largest absolute Gasteiger partial charge is 0.270 e. The second-order valence-corrected chi connectivity index (χ2v) is 10.2. The lowest BCUT2D eigenvalue weighted by Gasteiger charge is -2.24. The number of nitro benzene ring substituents is 1. The van der Waals surface area contributed by atoms with E-state index in [0.717, 1.165) is 66.1 Å². The number of hydrogen-bond acceptors (Lipinski definition) is 2. The molecule has 7 rings (SSSR count). The molecule has 0 N–H and O–H groups in total. The van der Waals surface area contributed by atoms with Crippen LogP contribution >= 0.6 is 0 Å². The average Bonchev–Trinajstić information content (AvgIpc) is 3.04. The van der Waals surface area contributed by atoms with Gasteiger partial charge in [0.1, 0.15) is 0 Å². The fraction of sp³-hybridized carbons (Fsp3) is 0. The summed E-state index contributed by atoms with van der Waals surface area (Å²) in [6.07, 6.45) is 0. The second-order valence-electron chi connectivity index (χ2n) is 10.2. The molecule has 0 aliphatic rings. The van der Waals surface area contributed by atoms with Gasteiger partial charge in [-0.15, -0.1) is 0 Å². The smallest absolute Gasteiger partial charge is 0.258 e. The van der Waals surface area contributed by atoms with E-state index in [9.17, 15) is 10.1 Å². The van der Waals surface area contributed by atoms with E-state index < -0.39 is 0 Å². The summed E-state index contributed by atoms with van der Waals surface area (Å²) in [5.74, 6) is 0. The summed E-state index contributed by atoms with van der Waals surface area (Å²) < 4.78 is 0. The van der Waals surface area contributed by atoms with Gasteiger partial charge in [-0.2, -0.15) is 0 Å². The summed E-state index contributed by atoms with van der Waals surface area (Å²) in [6, 6.07) is 51.3. The van der Waals surface area contributed by atoms with Gasteiger partial charge in [-0.05, 0) is 78.2 Å². The Labute approximate surface area is 238 Å². The average molecular weight is 528 g/mol. The number of nitro groups is 1. The first-order valence-corrected chi connectivity index (χ1v) is 13.6. The highest BCUT2D eigenvalue weighted by atomic mass is 16.6. The first-order chi connectivity index (χ1) is 20.2. The lowest BCUT2D eigenvalue weighted by molar-refractivity contribution is -0.384. The number of non-ortho nitro benzene ring substituents is 1. The van der Waals surface area contributed by atoms with Crippen LogP contribution in [0.3, 0.4) is 0 Å². The predicted octanol–water partition coefficient (Wildman–Crippen LogP) is 10.6. The Bertz CT molecular complexity index is 2050. The van der Waals surface area contributed by atoms with Gasteiger partial charge in [-0.1, -0.05) is 127 Å². The first kappa shape index (κ1) is 24.5. The number of hydrogen-bond donors (Lipinski definition) is 0. The Morgan fingerprint density at radius 2 is 0.780 bits per heavy atom. The topological polar surface area (TPSA) is 43.1 Å². The second kappa shape index (κ2) is 10.2. The molecule has 7 aromatic rings. The predicted molar refractivity (Wildman–Crippen MR) is 170 cm³/mol. The van der Waals surface area contributed by atoms with Crippen LogP contribution in [0, 0.1) is 10.1 Å². The number of rotatable bonds is 5. The number of nitrogens with zero attached hydrogens (tertiary/aromatic N) is 1. The Hall–Kier alpha value is -5.54. The summed E-state index contributed by atoms with van der Waals surface area (Å²) in [6.45, 7) is 0. The molecule has 0 saturated heterocycles. The molecule has 41 heavy (non-hydrogen) atoms. The highest BCUT2D eigenvalue weighted by Gasteiger charge is 2.25. The standard InChI is InChI=1S/C38H25NO2/c40-39(41)32-22-12-21-31(23-32)36-34-25-30-20-11-10-19-29(30)24-33(34)35(26-13-4-1-5-14-26)37(27-15-6-2-7-16-27)38(36)28-17-8-3-9-18-28/h1-25H. The maximum Gasteiger partial charge on any atom is 0.270 e. The van der Waals surface area contributed by atoms with E-state index >= 15 is 0 Å². The zero-order valence-corrected chi connectivity index (χ0v) is 22.2. The van der Waals surface area contributed by atoms with Crippen LogP contribution in [0.4, 0.5) is 5.69 Å². The molecule has 0 amide bonds. The van der Waals surface area contributed by atoms with Crippen molar-refractivity contribution in [1.82, 2.24) is 0 Å². The molecule has 3 heteroatoms. The fourth-order valence-corrected chi connectivity index (χ4v) is 5.94. The minimum atomic E-state index is -0.320. The van der Waals surface area contributed by atoms with Crippen LogP contribution < -0.4 is 0 Å². The minimum Gasteiger partial charge on any atom is -0.258 e. The van der Waals surface area contributed by atoms with Gasteiger partial charge in [0.2, 0.25) is 0 Å². The molecule has 0 atom stereocenters. The molecule has 0 fully saturated rings. The van der Waals surface area contributed by atoms with Crippen LogP contribution in [0.15, 0.2) is 152 Å². The summed E-state index contributed by atoms with van der Waals surface area (Å²) in [7, 11) is 0. The van der Waals surface area contributed by atoms with E-state index in [1.807, 2.05) is 36.4 Å². The van der Waals surface area contributed by atoms with E-state index in [4.69, 9.17) is 0 Å². The van der Waals surface area contributed by atoms with E-state index in [2.05, 4.69) is 97.1 Å². The third-order valence-electron chi connectivity index (χ3n) is 7.71. The van der Waals surface area contributed by atoms with Crippen LogP contribution in [0.1, 0.15) is 0 Å². The summed E-state index contributed by atoms with van der Waals surface area (Å²) in [5.41, 5.74) is 8.44. The zero-order valence-electron chi connectivity index (χ0n) is 22.2. The van der Waals surface area contributed by atoms with Crippen LogP contribution in [0.2, 0.25) is 0 Å². The maximum atomic E-state index is 11.9. The van der Waals surface area contributed by atoms with Gasteiger partial charge < -0.3 is 0 Å². The van der Waals surface area contributed by atoms with E-state index in [0.29, 0.717) is 0 Å². The van der Waals surface area contributed by atoms with Crippen molar-refractivity contribution in [1.29, 1.82) is 0 Å². The highest BCUT2D eigenvalue weighted by molar-refractivity contribution is 6.20. The third kappa shape index (κ3) is 4.34. The molecule has 0 aliphatic carbocycles. The van der Waals surface area contributed by atoms with Gasteiger partial charge in [0.05, 0.1) is 4.92 Å². The quantitative estimate of drug-likeness (QED) is 0.127. The van der Waals surface area contributed by atoms with Crippen molar-refractivity contribution in [2.24, 2.45) is 0 Å². The SMILES string of the molecule is O=[N+]([O-])c1cccc(-c2c(-c3ccccc3)c(-c3ccccc3)c(-c3ccccc3)c3cc4ccccc4cc23)c1. The van der Waals surface area contributed by atoms with Crippen molar-refractivity contribution in [3.63, 3.8) is 0 Å². The highest BCUT2D eigenvalue weighted by Crippen LogP contribution is 2.51. The maximum absolute atomic E-state index is 11.9. The van der Waals surface area contributed by atoms with Gasteiger partial charge >= 0.3 is 0 Å². The molecule has 0 spiro atoms. The molecule has 0 radical (unpaired) electrons. The fourth-order valence-electron chi connectivity index (χ4n) is 5.94. The normalized spacial score (nSPS) is 11.1. The molecule has 0 unspecified atom stereocenters. The zero-order chi connectivity index (χ0) is 27.8. The summed E-state index contributed by atoms with van der Waals surface area (Å²) in [4.78, 5) is 11.6. The van der Waals surface area contributed by atoms with Crippen LogP contribution in [0.25, 0.3) is 66.1 Å². The first-order valence-electron chi connectivity index (χ1n) is 13.6. The Morgan fingerprint density at radius 3 is 1.24 bits per heavy atom. The van der Waals surface area contributed by atoms with E-state index in [1.165, 1.54) is 0 Å². The molecule has 0 heterocycles. The Balaban J connectivity index is 1.78. The molecule has 7 aromatic carbocycles. The van der Waals surface area contributed by atoms with Crippen molar-refractivity contribution in [2.75, 3.05) is 0 Å². The third-order valence-corrected chi connectivity index (χ3v) is 7.71. The molecule has 0 saturated carbocycles. The van der Waals surface area contributed by atoms with Gasteiger partial charge in [-0.3, -0.25) is 10.1 Å². The number of benzene rings is 7. The Morgan fingerprint density at radius 1 is 0.390 bits per heavy atom. The minimum absolute atomic E-state index is 0.0730. The van der Waals surface area contributed by atoms with Gasteiger partial charge in [0.15, 0.2) is 0 Å². The van der Waals surface area contributed by atoms with Gasteiger partial charge in [0, 0.05) is 12.1 Å². The van der Waals surface area contributed by atoms with Crippen LogP contribution in [-0.2, 0) is 0 Å². The van der Waals surface area contributed by atoms with Crippen molar-refractivity contribution >= 4 is 27.2 Å².